The normalized spacial score (nSPS) is 23.8. The van der Waals surface area contributed by atoms with Gasteiger partial charge in [-0.1, -0.05) is 29.3 Å². The zero-order valence-electron chi connectivity index (χ0n) is 15.1. The molecule has 26 heavy (non-hydrogen) atoms. The van der Waals surface area contributed by atoms with Crippen molar-refractivity contribution in [3.8, 4) is 0 Å². The maximum atomic E-state index is 6.46. The Kier molecular flexibility index (Phi) is 5.01. The smallest absolute Gasteiger partial charge is 0.181 e. The third-order valence-electron chi connectivity index (χ3n) is 5.03. The fourth-order valence-electron chi connectivity index (χ4n) is 3.77. The molecule has 3 aliphatic rings. The topological polar surface area (TPSA) is 37.4 Å². The van der Waals surface area contributed by atoms with E-state index in [9.17, 15) is 0 Å². The summed E-state index contributed by atoms with van der Waals surface area (Å²) in [5.41, 5.74) is 2.21. The number of aliphatic imine (C=N–C) groups is 1. The van der Waals surface area contributed by atoms with E-state index < -0.39 is 0 Å². The van der Waals surface area contributed by atoms with Gasteiger partial charge in [0.25, 0.3) is 0 Å². The van der Waals surface area contributed by atoms with Gasteiger partial charge in [0.1, 0.15) is 0 Å². The Hall–Kier alpha value is -1.47. The van der Waals surface area contributed by atoms with Gasteiger partial charge >= 0.3 is 0 Å². The first-order chi connectivity index (χ1) is 12.5. The molecule has 1 atom stereocenters. The molecular formula is C18H24Cl2N6. The van der Waals surface area contributed by atoms with Crippen molar-refractivity contribution in [2.24, 2.45) is 4.99 Å². The van der Waals surface area contributed by atoms with Gasteiger partial charge in [-0.25, -0.2) is 4.99 Å². The SMILES string of the molecule is CN1C=C2C(=NC(N3CCNCC3)N2Cc2ccc(Cl)cc2Cl)N(C)C1. The van der Waals surface area contributed by atoms with Crippen LogP contribution in [-0.4, -0.2) is 78.7 Å². The summed E-state index contributed by atoms with van der Waals surface area (Å²) in [7, 11) is 4.18. The Balaban J connectivity index is 1.68. The lowest BCUT2D eigenvalue weighted by atomic mass is 10.2. The molecular weight excluding hydrogens is 371 g/mol. The number of piperazine rings is 1. The lowest BCUT2D eigenvalue weighted by Crippen LogP contribution is -2.52. The molecule has 8 heteroatoms. The summed E-state index contributed by atoms with van der Waals surface area (Å²) in [4.78, 5) is 14.2. The monoisotopic (exact) mass is 394 g/mol. The van der Waals surface area contributed by atoms with Crippen LogP contribution in [0.25, 0.3) is 0 Å². The van der Waals surface area contributed by atoms with Gasteiger partial charge in [-0.15, -0.1) is 0 Å². The number of nitrogens with one attached hydrogen (secondary N) is 1. The molecule has 0 aliphatic carbocycles. The highest BCUT2D eigenvalue weighted by atomic mass is 35.5. The number of hydrogen-bond donors (Lipinski definition) is 1. The highest BCUT2D eigenvalue weighted by molar-refractivity contribution is 6.35. The summed E-state index contributed by atoms with van der Waals surface area (Å²) in [6, 6.07) is 5.71. The van der Waals surface area contributed by atoms with E-state index in [0.29, 0.717) is 16.6 Å². The first kappa shape index (κ1) is 17.9. The van der Waals surface area contributed by atoms with Crippen LogP contribution >= 0.6 is 23.2 Å². The second kappa shape index (κ2) is 7.27. The number of fused-ring (bicyclic) bond motifs is 1. The first-order valence-corrected chi connectivity index (χ1v) is 9.65. The molecule has 3 heterocycles. The number of nitrogens with zero attached hydrogens (tertiary/aromatic N) is 5. The highest BCUT2D eigenvalue weighted by Gasteiger charge is 2.38. The van der Waals surface area contributed by atoms with Crippen LogP contribution < -0.4 is 5.32 Å². The summed E-state index contributed by atoms with van der Waals surface area (Å²) < 4.78 is 0. The molecule has 0 radical (unpaired) electrons. The van der Waals surface area contributed by atoms with Gasteiger partial charge in [0.2, 0.25) is 0 Å². The van der Waals surface area contributed by atoms with E-state index in [0.717, 1.165) is 49.9 Å². The quantitative estimate of drug-likeness (QED) is 0.849. The van der Waals surface area contributed by atoms with Crippen molar-refractivity contribution >= 4 is 29.0 Å². The van der Waals surface area contributed by atoms with E-state index in [1.54, 1.807) is 0 Å². The highest BCUT2D eigenvalue weighted by Crippen LogP contribution is 2.32. The van der Waals surface area contributed by atoms with E-state index >= 15 is 0 Å². The maximum absolute atomic E-state index is 6.46. The summed E-state index contributed by atoms with van der Waals surface area (Å²) in [6.45, 7) is 5.49. The number of benzene rings is 1. The minimum Gasteiger partial charge on any atom is -0.361 e. The van der Waals surface area contributed by atoms with Crippen molar-refractivity contribution in [1.29, 1.82) is 0 Å². The standard InChI is InChI=1S/C18H24Cl2N6/c1-23-11-16-17(24(2)12-23)22-18(25-7-5-21-6-8-25)26(16)10-13-3-4-14(19)9-15(13)20/h3-4,9,11,18,21H,5-8,10,12H2,1-2H3. The lowest BCUT2D eigenvalue weighted by Gasteiger charge is -2.38. The largest absolute Gasteiger partial charge is 0.361 e. The molecule has 0 amide bonds. The molecule has 1 aromatic rings. The Morgan fingerprint density at radius 3 is 2.69 bits per heavy atom. The molecule has 4 rings (SSSR count). The first-order valence-electron chi connectivity index (χ1n) is 8.89. The van der Waals surface area contributed by atoms with Crippen LogP contribution in [0.4, 0.5) is 0 Å². The molecule has 3 aliphatic heterocycles. The van der Waals surface area contributed by atoms with E-state index in [2.05, 4.69) is 45.2 Å². The van der Waals surface area contributed by atoms with Crippen molar-refractivity contribution in [2.75, 3.05) is 46.9 Å². The average Bonchev–Trinajstić information content (AvgIpc) is 2.97. The molecule has 140 valence electrons. The van der Waals surface area contributed by atoms with Gasteiger partial charge in [-0.05, 0) is 17.7 Å². The molecule has 1 aromatic carbocycles. The van der Waals surface area contributed by atoms with Crippen molar-refractivity contribution in [3.63, 3.8) is 0 Å². The van der Waals surface area contributed by atoms with Crippen molar-refractivity contribution in [3.05, 3.63) is 45.7 Å². The fraction of sp³-hybridized carbons (Fsp3) is 0.500. The predicted molar refractivity (Wildman–Crippen MR) is 106 cm³/mol. The van der Waals surface area contributed by atoms with Gasteiger partial charge in [0.05, 0.1) is 12.4 Å². The molecule has 1 unspecified atom stereocenters. The Bertz CT molecular complexity index is 743. The number of likely N-dealkylation sites (N-methyl/N-ethyl adjacent to an activating group) is 1. The van der Waals surface area contributed by atoms with Crippen LogP contribution in [0.3, 0.4) is 0 Å². The molecule has 0 aromatic heterocycles. The van der Waals surface area contributed by atoms with Gasteiger partial charge in [0.15, 0.2) is 12.1 Å². The van der Waals surface area contributed by atoms with Gasteiger partial charge in [0, 0.05) is 63.1 Å². The minimum atomic E-state index is -0.000885. The van der Waals surface area contributed by atoms with Gasteiger partial charge < -0.3 is 20.0 Å². The van der Waals surface area contributed by atoms with Crippen LogP contribution in [0.5, 0.6) is 0 Å². The van der Waals surface area contributed by atoms with Crippen LogP contribution in [-0.2, 0) is 6.54 Å². The van der Waals surface area contributed by atoms with E-state index in [1.165, 1.54) is 0 Å². The molecule has 6 nitrogen and oxygen atoms in total. The summed E-state index contributed by atoms with van der Waals surface area (Å²) in [5, 5.41) is 4.78. The predicted octanol–water partition coefficient (Wildman–Crippen LogP) is 2.07. The summed E-state index contributed by atoms with van der Waals surface area (Å²) in [6.07, 6.45) is 2.18. The number of rotatable bonds is 3. The average molecular weight is 395 g/mol. The van der Waals surface area contributed by atoms with Crippen LogP contribution in [0.1, 0.15) is 5.56 Å². The van der Waals surface area contributed by atoms with Crippen molar-refractivity contribution in [2.45, 2.75) is 12.8 Å². The third-order valence-corrected chi connectivity index (χ3v) is 5.62. The van der Waals surface area contributed by atoms with Gasteiger partial charge in [-0.3, -0.25) is 4.90 Å². The van der Waals surface area contributed by atoms with Crippen LogP contribution in [0, 0.1) is 0 Å². The zero-order chi connectivity index (χ0) is 18.3. The van der Waals surface area contributed by atoms with Crippen LogP contribution in [0.2, 0.25) is 10.0 Å². The van der Waals surface area contributed by atoms with Crippen LogP contribution in [0.15, 0.2) is 35.1 Å². The fourth-order valence-corrected chi connectivity index (χ4v) is 4.24. The lowest BCUT2D eigenvalue weighted by molar-refractivity contribution is 0.0701. The molecule has 1 N–H and O–H groups in total. The minimum absolute atomic E-state index is 0.000885. The van der Waals surface area contributed by atoms with E-state index in [-0.39, 0.29) is 6.29 Å². The Morgan fingerprint density at radius 1 is 1.19 bits per heavy atom. The summed E-state index contributed by atoms with van der Waals surface area (Å²) >= 11 is 12.5. The van der Waals surface area contributed by atoms with Gasteiger partial charge in [-0.2, -0.15) is 0 Å². The van der Waals surface area contributed by atoms with Crippen molar-refractivity contribution < 1.29 is 0 Å². The summed E-state index contributed by atoms with van der Waals surface area (Å²) in [5.74, 6) is 1.05. The molecule has 0 spiro atoms. The second-order valence-corrected chi connectivity index (χ2v) is 7.90. The van der Waals surface area contributed by atoms with E-state index in [4.69, 9.17) is 28.2 Å². The third kappa shape index (κ3) is 3.39. The zero-order valence-corrected chi connectivity index (χ0v) is 16.6. The number of halogens is 2. The molecule has 0 bridgehead atoms. The number of amidine groups is 1. The number of hydrogen-bond acceptors (Lipinski definition) is 6. The van der Waals surface area contributed by atoms with Crippen molar-refractivity contribution in [1.82, 2.24) is 24.9 Å². The molecule has 1 fully saturated rings. The Labute approximate surface area is 164 Å². The maximum Gasteiger partial charge on any atom is 0.181 e. The Morgan fingerprint density at radius 2 is 1.96 bits per heavy atom. The second-order valence-electron chi connectivity index (χ2n) is 7.06. The van der Waals surface area contributed by atoms with E-state index in [1.807, 2.05) is 18.2 Å². The molecule has 0 saturated carbocycles. The molecule has 1 saturated heterocycles.